The monoisotopic (exact) mass is 373 g/mol. The van der Waals surface area contributed by atoms with E-state index >= 15 is 0 Å². The van der Waals surface area contributed by atoms with Crippen LogP contribution in [0.1, 0.15) is 28.9 Å². The Balaban J connectivity index is 1.87. The third-order valence-corrected chi connectivity index (χ3v) is 4.50. The minimum Gasteiger partial charge on any atom is -0.378 e. The van der Waals surface area contributed by atoms with Gasteiger partial charge in [-0.15, -0.1) is 0 Å². The second-order valence-electron chi connectivity index (χ2n) is 6.30. The molecule has 0 spiro atoms. The first-order valence-corrected chi connectivity index (χ1v) is 8.63. The number of carbonyl (C=O) groups excluding carboxylic acids is 1. The number of amides is 1. The van der Waals surface area contributed by atoms with Gasteiger partial charge in [-0.05, 0) is 30.7 Å². The standard InChI is InChI=1S/C19H20FN3O4/c1-13(14-2-4-15(20)5-3-14)21-19(24)17-12-16(23(25)26)6-7-18(17)22-8-10-27-11-9-22/h2-7,12-13H,8-11H2,1H3,(H,21,24). The third kappa shape index (κ3) is 4.40. The first kappa shape index (κ1) is 18.8. The lowest BCUT2D eigenvalue weighted by Crippen LogP contribution is -2.38. The molecule has 0 radical (unpaired) electrons. The number of nitro benzene ring substituents is 1. The van der Waals surface area contributed by atoms with E-state index in [1.807, 2.05) is 4.90 Å². The van der Waals surface area contributed by atoms with Crippen molar-refractivity contribution < 1.29 is 18.8 Å². The van der Waals surface area contributed by atoms with Crippen LogP contribution in [0.4, 0.5) is 15.8 Å². The van der Waals surface area contributed by atoms with Crippen LogP contribution >= 0.6 is 0 Å². The molecule has 0 bridgehead atoms. The summed E-state index contributed by atoms with van der Waals surface area (Å²) < 4.78 is 18.4. The second kappa shape index (κ2) is 8.13. The van der Waals surface area contributed by atoms with Gasteiger partial charge in [0.15, 0.2) is 0 Å². The van der Waals surface area contributed by atoms with Gasteiger partial charge < -0.3 is 15.0 Å². The van der Waals surface area contributed by atoms with Gasteiger partial charge >= 0.3 is 0 Å². The predicted molar refractivity (Wildman–Crippen MR) is 98.4 cm³/mol. The quantitative estimate of drug-likeness (QED) is 0.643. The van der Waals surface area contributed by atoms with Gasteiger partial charge in [-0.1, -0.05) is 12.1 Å². The summed E-state index contributed by atoms with van der Waals surface area (Å²) in [6, 6.07) is 9.74. The Labute approximate surface area is 155 Å². The van der Waals surface area contributed by atoms with E-state index in [1.54, 1.807) is 25.1 Å². The van der Waals surface area contributed by atoms with Gasteiger partial charge in [-0.2, -0.15) is 0 Å². The predicted octanol–water partition coefficient (Wildman–Crippen LogP) is 3.06. The van der Waals surface area contributed by atoms with Crippen LogP contribution in [-0.2, 0) is 4.74 Å². The number of nitrogens with one attached hydrogen (secondary N) is 1. The van der Waals surface area contributed by atoms with Crippen LogP contribution in [0.5, 0.6) is 0 Å². The zero-order valence-electron chi connectivity index (χ0n) is 14.9. The molecule has 27 heavy (non-hydrogen) atoms. The highest BCUT2D eigenvalue weighted by atomic mass is 19.1. The van der Waals surface area contributed by atoms with E-state index in [4.69, 9.17) is 4.74 Å². The molecule has 1 atom stereocenters. The number of hydrogen-bond donors (Lipinski definition) is 1. The minimum absolute atomic E-state index is 0.147. The first-order valence-electron chi connectivity index (χ1n) is 8.63. The van der Waals surface area contributed by atoms with E-state index in [1.165, 1.54) is 24.3 Å². The molecular formula is C19H20FN3O4. The van der Waals surface area contributed by atoms with Crippen molar-refractivity contribution in [3.8, 4) is 0 Å². The molecule has 1 saturated heterocycles. The van der Waals surface area contributed by atoms with Crippen LogP contribution in [-0.4, -0.2) is 37.1 Å². The van der Waals surface area contributed by atoms with Crippen molar-refractivity contribution in [3.05, 3.63) is 69.5 Å². The smallest absolute Gasteiger partial charge is 0.270 e. The molecule has 1 N–H and O–H groups in total. The molecule has 0 aromatic heterocycles. The van der Waals surface area contributed by atoms with Crippen molar-refractivity contribution in [2.24, 2.45) is 0 Å². The second-order valence-corrected chi connectivity index (χ2v) is 6.30. The summed E-state index contributed by atoms with van der Waals surface area (Å²) in [5.41, 5.74) is 1.46. The molecule has 7 nitrogen and oxygen atoms in total. The number of nitrogens with zero attached hydrogens (tertiary/aromatic N) is 2. The molecule has 1 unspecified atom stereocenters. The zero-order valence-corrected chi connectivity index (χ0v) is 14.9. The van der Waals surface area contributed by atoms with E-state index in [2.05, 4.69) is 5.32 Å². The van der Waals surface area contributed by atoms with Gasteiger partial charge in [0.2, 0.25) is 0 Å². The number of carbonyl (C=O) groups is 1. The van der Waals surface area contributed by atoms with E-state index in [9.17, 15) is 19.3 Å². The maximum absolute atomic E-state index is 13.1. The number of nitro groups is 1. The number of morpholine rings is 1. The number of benzene rings is 2. The Morgan fingerprint density at radius 2 is 1.89 bits per heavy atom. The average Bonchev–Trinajstić information content (AvgIpc) is 2.68. The van der Waals surface area contributed by atoms with E-state index in [-0.39, 0.29) is 23.1 Å². The van der Waals surface area contributed by atoms with Gasteiger partial charge in [0.25, 0.3) is 11.6 Å². The van der Waals surface area contributed by atoms with Crippen LogP contribution in [0.15, 0.2) is 42.5 Å². The van der Waals surface area contributed by atoms with Crippen LogP contribution in [0.25, 0.3) is 0 Å². The van der Waals surface area contributed by atoms with Crippen molar-refractivity contribution in [2.45, 2.75) is 13.0 Å². The fourth-order valence-electron chi connectivity index (χ4n) is 3.01. The maximum Gasteiger partial charge on any atom is 0.270 e. The topological polar surface area (TPSA) is 84.7 Å². The number of hydrogen-bond acceptors (Lipinski definition) is 5. The molecule has 0 aliphatic carbocycles. The Hall–Kier alpha value is -3.00. The minimum atomic E-state index is -0.525. The Morgan fingerprint density at radius 1 is 1.22 bits per heavy atom. The average molecular weight is 373 g/mol. The van der Waals surface area contributed by atoms with Crippen LogP contribution < -0.4 is 10.2 Å². The molecule has 1 fully saturated rings. The molecule has 2 aromatic carbocycles. The molecule has 2 aromatic rings. The fourth-order valence-corrected chi connectivity index (χ4v) is 3.01. The van der Waals surface area contributed by atoms with Crippen LogP contribution in [0.3, 0.4) is 0 Å². The lowest BCUT2D eigenvalue weighted by Gasteiger charge is -2.30. The number of non-ortho nitro benzene ring substituents is 1. The SMILES string of the molecule is CC(NC(=O)c1cc([N+](=O)[O-])ccc1N1CCOCC1)c1ccc(F)cc1. The summed E-state index contributed by atoms with van der Waals surface area (Å²) >= 11 is 0. The fraction of sp³-hybridized carbons (Fsp3) is 0.316. The molecular weight excluding hydrogens is 353 g/mol. The van der Waals surface area contributed by atoms with Crippen molar-refractivity contribution in [3.63, 3.8) is 0 Å². The lowest BCUT2D eigenvalue weighted by molar-refractivity contribution is -0.384. The van der Waals surface area contributed by atoms with Gasteiger partial charge in [0.05, 0.1) is 35.4 Å². The highest BCUT2D eigenvalue weighted by Crippen LogP contribution is 2.27. The van der Waals surface area contributed by atoms with Crippen molar-refractivity contribution in [2.75, 3.05) is 31.2 Å². The van der Waals surface area contributed by atoms with Crippen LogP contribution in [0, 0.1) is 15.9 Å². The van der Waals surface area contributed by atoms with Crippen molar-refractivity contribution in [1.82, 2.24) is 5.32 Å². The Bertz CT molecular complexity index is 835. The molecule has 1 heterocycles. The van der Waals surface area contributed by atoms with Crippen LogP contribution in [0.2, 0.25) is 0 Å². The molecule has 0 saturated carbocycles. The van der Waals surface area contributed by atoms with Gasteiger partial charge in [0, 0.05) is 25.2 Å². The number of rotatable bonds is 5. The number of halogens is 1. The Morgan fingerprint density at radius 3 is 2.52 bits per heavy atom. The third-order valence-electron chi connectivity index (χ3n) is 4.50. The normalized spacial score (nSPS) is 15.3. The van der Waals surface area contributed by atoms with E-state index in [0.29, 0.717) is 32.0 Å². The summed E-state index contributed by atoms with van der Waals surface area (Å²) in [6.07, 6.45) is 0. The van der Waals surface area contributed by atoms with Gasteiger partial charge in [0.1, 0.15) is 5.82 Å². The van der Waals surface area contributed by atoms with Gasteiger partial charge in [-0.3, -0.25) is 14.9 Å². The molecule has 3 rings (SSSR count). The van der Waals surface area contributed by atoms with E-state index in [0.717, 1.165) is 5.56 Å². The summed E-state index contributed by atoms with van der Waals surface area (Å²) in [5.74, 6) is -0.775. The summed E-state index contributed by atoms with van der Waals surface area (Å²) in [7, 11) is 0. The maximum atomic E-state index is 13.1. The molecule has 142 valence electrons. The lowest BCUT2D eigenvalue weighted by atomic mass is 10.1. The molecule has 1 aliphatic rings. The highest BCUT2D eigenvalue weighted by molar-refractivity contribution is 6.00. The Kier molecular flexibility index (Phi) is 5.66. The number of ether oxygens (including phenoxy) is 1. The molecule has 1 aliphatic heterocycles. The largest absolute Gasteiger partial charge is 0.378 e. The molecule has 8 heteroatoms. The summed E-state index contributed by atoms with van der Waals surface area (Å²) in [6.45, 7) is 4.04. The van der Waals surface area contributed by atoms with Gasteiger partial charge in [-0.25, -0.2) is 4.39 Å². The van der Waals surface area contributed by atoms with Crippen molar-refractivity contribution >= 4 is 17.3 Å². The first-order chi connectivity index (χ1) is 13.0. The highest BCUT2D eigenvalue weighted by Gasteiger charge is 2.23. The van der Waals surface area contributed by atoms with E-state index < -0.39 is 10.8 Å². The summed E-state index contributed by atoms with van der Waals surface area (Å²) in [4.78, 5) is 25.5. The van der Waals surface area contributed by atoms with Crippen molar-refractivity contribution in [1.29, 1.82) is 0 Å². The molecule has 1 amide bonds. The zero-order chi connectivity index (χ0) is 19.4. The number of anilines is 1. The summed E-state index contributed by atoms with van der Waals surface area (Å²) in [5, 5.41) is 14.0.